The van der Waals surface area contributed by atoms with Crippen molar-refractivity contribution < 1.29 is 9.47 Å². The van der Waals surface area contributed by atoms with Gasteiger partial charge in [-0.3, -0.25) is 0 Å². The molecule has 2 rings (SSSR count). The minimum absolute atomic E-state index is 0.729. The number of unbranched alkanes of at least 4 members (excludes halogenated alkanes) is 5. The van der Waals surface area contributed by atoms with E-state index in [0.29, 0.717) is 0 Å². The Hall–Kier alpha value is -1.41. The van der Waals surface area contributed by atoms with Gasteiger partial charge in [0.1, 0.15) is 11.5 Å². The highest BCUT2D eigenvalue weighted by molar-refractivity contribution is 6.17. The predicted molar refractivity (Wildman–Crippen MR) is 108 cm³/mol. The van der Waals surface area contributed by atoms with Gasteiger partial charge in [-0.2, -0.15) is 0 Å². The van der Waals surface area contributed by atoms with Crippen LogP contribution in [-0.2, 0) is 0 Å². The number of fused-ring (bicyclic) bond motifs is 1. The second-order valence-corrected chi connectivity index (χ2v) is 7.00. The molecule has 2 aromatic rings. The van der Waals surface area contributed by atoms with Gasteiger partial charge in [-0.15, -0.1) is 11.6 Å². The smallest absolute Gasteiger partial charge is 0.127 e. The van der Waals surface area contributed by atoms with Crippen molar-refractivity contribution >= 4 is 22.4 Å². The normalized spacial score (nSPS) is 11.0. The molecule has 0 heterocycles. The summed E-state index contributed by atoms with van der Waals surface area (Å²) in [5, 5.41) is 2.28. The first kappa shape index (κ1) is 19.9. The molecule has 0 bridgehead atoms. The molecule has 25 heavy (non-hydrogen) atoms. The zero-order valence-electron chi connectivity index (χ0n) is 15.7. The predicted octanol–water partition coefficient (Wildman–Crippen LogP) is 6.90. The summed E-state index contributed by atoms with van der Waals surface area (Å²) < 4.78 is 12.1. The molecule has 0 aliphatic carbocycles. The lowest BCUT2D eigenvalue weighted by Crippen LogP contribution is -2.01. The van der Waals surface area contributed by atoms with Gasteiger partial charge in [0.15, 0.2) is 0 Å². The molecular formula is C22H31ClO2. The maximum absolute atomic E-state index is 6.05. The van der Waals surface area contributed by atoms with Crippen molar-refractivity contribution in [2.75, 3.05) is 19.1 Å². The zero-order chi connectivity index (χ0) is 17.9. The lowest BCUT2D eigenvalue weighted by atomic mass is 10.1. The third-order valence-electron chi connectivity index (χ3n) is 4.38. The molecule has 2 aromatic carbocycles. The number of alkyl halides is 1. The van der Waals surface area contributed by atoms with Crippen LogP contribution in [0.1, 0.15) is 57.4 Å². The van der Waals surface area contributed by atoms with E-state index in [2.05, 4.69) is 32.0 Å². The van der Waals surface area contributed by atoms with Gasteiger partial charge in [0.25, 0.3) is 0 Å². The van der Waals surface area contributed by atoms with Crippen molar-refractivity contribution in [3.8, 4) is 11.5 Å². The Morgan fingerprint density at radius 3 is 2.04 bits per heavy atom. The second-order valence-electron chi connectivity index (χ2n) is 6.62. The third kappa shape index (κ3) is 6.43. The number of rotatable bonds is 12. The van der Waals surface area contributed by atoms with Crippen LogP contribution in [0.4, 0.5) is 0 Å². The van der Waals surface area contributed by atoms with Crippen LogP contribution in [0.5, 0.6) is 11.5 Å². The fourth-order valence-electron chi connectivity index (χ4n) is 2.93. The van der Waals surface area contributed by atoms with Crippen LogP contribution < -0.4 is 9.47 Å². The molecule has 0 saturated carbocycles. The van der Waals surface area contributed by atoms with E-state index in [4.69, 9.17) is 21.1 Å². The molecule has 0 unspecified atom stereocenters. The molecule has 0 amide bonds. The number of ether oxygens (including phenoxy) is 2. The summed E-state index contributed by atoms with van der Waals surface area (Å²) in [5.74, 6) is 2.63. The van der Waals surface area contributed by atoms with Gasteiger partial charge >= 0.3 is 0 Å². The summed E-state index contributed by atoms with van der Waals surface area (Å²) in [7, 11) is 0. The Balaban J connectivity index is 2.05. The van der Waals surface area contributed by atoms with Gasteiger partial charge in [0.2, 0.25) is 0 Å². The van der Waals surface area contributed by atoms with Crippen LogP contribution in [0, 0.1) is 6.92 Å². The molecule has 0 spiro atoms. The Labute approximate surface area is 157 Å². The molecule has 0 atom stereocenters. The van der Waals surface area contributed by atoms with Crippen molar-refractivity contribution in [1.29, 1.82) is 0 Å². The van der Waals surface area contributed by atoms with Crippen molar-refractivity contribution in [3.63, 3.8) is 0 Å². The van der Waals surface area contributed by atoms with Crippen LogP contribution >= 0.6 is 11.6 Å². The van der Waals surface area contributed by atoms with Gasteiger partial charge in [0, 0.05) is 16.7 Å². The molecule has 0 aliphatic heterocycles. The van der Waals surface area contributed by atoms with Crippen molar-refractivity contribution in [3.05, 3.63) is 35.9 Å². The van der Waals surface area contributed by atoms with Gasteiger partial charge in [-0.1, -0.05) is 43.9 Å². The van der Waals surface area contributed by atoms with Gasteiger partial charge < -0.3 is 9.47 Å². The van der Waals surface area contributed by atoms with E-state index >= 15 is 0 Å². The molecule has 0 N–H and O–H groups in total. The van der Waals surface area contributed by atoms with Crippen LogP contribution in [0.15, 0.2) is 30.3 Å². The van der Waals surface area contributed by atoms with Gasteiger partial charge in [-0.25, -0.2) is 0 Å². The maximum Gasteiger partial charge on any atom is 0.127 e. The standard InChI is InChI=1S/C22H31ClO2/c1-3-4-5-8-15-24-21-12-13-22(25-16-9-6-7-14-23)20-17-18(2)10-11-19(20)21/h10-13,17H,3-9,14-16H2,1-2H3. The average molecular weight is 363 g/mol. The largest absolute Gasteiger partial charge is 0.493 e. The second kappa shape index (κ2) is 11.3. The summed E-state index contributed by atoms with van der Waals surface area (Å²) in [5.41, 5.74) is 1.24. The summed E-state index contributed by atoms with van der Waals surface area (Å²) in [6.45, 7) is 5.85. The molecule has 0 aliphatic rings. The Morgan fingerprint density at radius 2 is 1.40 bits per heavy atom. The quantitative estimate of drug-likeness (QED) is 0.302. The first-order chi connectivity index (χ1) is 12.3. The molecule has 138 valence electrons. The van der Waals surface area contributed by atoms with Crippen molar-refractivity contribution in [1.82, 2.24) is 0 Å². The minimum atomic E-state index is 0.729. The van der Waals surface area contributed by atoms with Crippen LogP contribution in [0.2, 0.25) is 0 Å². The molecule has 0 aromatic heterocycles. The number of aryl methyl sites for hydroxylation is 1. The molecule has 2 nitrogen and oxygen atoms in total. The average Bonchev–Trinajstić information content (AvgIpc) is 2.62. The summed E-state index contributed by atoms with van der Waals surface area (Å²) in [6.07, 6.45) is 8.07. The lowest BCUT2D eigenvalue weighted by molar-refractivity contribution is 0.302. The van der Waals surface area contributed by atoms with E-state index in [1.54, 1.807) is 0 Å². The fraction of sp³-hybridized carbons (Fsp3) is 0.545. The van der Waals surface area contributed by atoms with Crippen molar-refractivity contribution in [2.24, 2.45) is 0 Å². The highest BCUT2D eigenvalue weighted by Gasteiger charge is 2.09. The summed E-state index contributed by atoms with van der Waals surface area (Å²) in [6, 6.07) is 10.6. The molecule has 3 heteroatoms. The summed E-state index contributed by atoms with van der Waals surface area (Å²) >= 11 is 5.73. The molecule has 0 radical (unpaired) electrons. The number of benzene rings is 2. The zero-order valence-corrected chi connectivity index (χ0v) is 16.4. The molecule has 0 fully saturated rings. The SMILES string of the molecule is CCCCCCOc1ccc(OCCCCCCl)c2cc(C)ccc12. The van der Waals surface area contributed by atoms with E-state index in [1.165, 1.54) is 24.8 Å². The molecular weight excluding hydrogens is 332 g/mol. The summed E-state index contributed by atoms with van der Waals surface area (Å²) in [4.78, 5) is 0. The fourth-order valence-corrected chi connectivity index (χ4v) is 3.11. The van der Waals surface area contributed by atoms with Crippen LogP contribution in [0.25, 0.3) is 10.8 Å². The van der Waals surface area contributed by atoms with Gasteiger partial charge in [0.05, 0.1) is 13.2 Å². The highest BCUT2D eigenvalue weighted by atomic mass is 35.5. The van der Waals surface area contributed by atoms with Crippen LogP contribution in [0.3, 0.4) is 0 Å². The van der Waals surface area contributed by atoms with Gasteiger partial charge in [-0.05, 0) is 50.8 Å². The maximum atomic E-state index is 6.05. The highest BCUT2D eigenvalue weighted by Crippen LogP contribution is 2.34. The van der Waals surface area contributed by atoms with Crippen molar-refractivity contribution in [2.45, 2.75) is 58.8 Å². The topological polar surface area (TPSA) is 18.5 Å². The lowest BCUT2D eigenvalue weighted by Gasteiger charge is -2.14. The van der Waals surface area contributed by atoms with E-state index < -0.39 is 0 Å². The Bertz CT molecular complexity index is 639. The first-order valence-electron chi connectivity index (χ1n) is 9.61. The first-order valence-corrected chi connectivity index (χ1v) is 10.1. The minimum Gasteiger partial charge on any atom is -0.493 e. The van der Waals surface area contributed by atoms with E-state index in [9.17, 15) is 0 Å². The number of hydrogen-bond acceptors (Lipinski definition) is 2. The van der Waals surface area contributed by atoms with E-state index in [-0.39, 0.29) is 0 Å². The van der Waals surface area contributed by atoms with Crippen LogP contribution in [-0.4, -0.2) is 19.1 Å². The monoisotopic (exact) mass is 362 g/mol. The third-order valence-corrected chi connectivity index (χ3v) is 4.65. The van der Waals surface area contributed by atoms with E-state index in [1.807, 2.05) is 12.1 Å². The molecule has 0 saturated heterocycles. The number of hydrogen-bond donors (Lipinski definition) is 0. The Kier molecular flexibility index (Phi) is 8.96. The number of halogens is 1. The van der Waals surface area contributed by atoms with E-state index in [0.717, 1.165) is 67.0 Å². The Morgan fingerprint density at radius 1 is 0.760 bits per heavy atom.